The Morgan fingerprint density at radius 1 is 0.277 bits per heavy atom. The molecule has 0 spiro atoms. The van der Waals surface area contributed by atoms with Crippen molar-refractivity contribution >= 4 is 24.1 Å². The fourth-order valence-electron chi connectivity index (χ4n) is 19.5. The van der Waals surface area contributed by atoms with Crippen LogP contribution in [-0.4, -0.2) is 73.5 Å². The van der Waals surface area contributed by atoms with E-state index in [2.05, 4.69) is 233 Å². The van der Waals surface area contributed by atoms with Gasteiger partial charge in [0.2, 0.25) is 27.2 Å². The molecule has 4 aromatic rings. The maximum atomic E-state index is 14.8. The van der Waals surface area contributed by atoms with Crippen molar-refractivity contribution < 1.29 is 57.1 Å². The molecule has 0 fully saturated rings. The highest BCUT2D eigenvalue weighted by atomic mass is 16.7. The lowest BCUT2D eigenvalue weighted by molar-refractivity contribution is 0.0941. The highest BCUT2D eigenvalue weighted by Crippen LogP contribution is 2.59. The van der Waals surface area contributed by atoms with Crippen LogP contribution in [0.4, 0.5) is 19.2 Å². The minimum absolute atomic E-state index is 0.0144. The maximum Gasteiger partial charge on any atom is 0.315 e. The lowest BCUT2D eigenvalue weighted by Crippen LogP contribution is -2.49. The van der Waals surface area contributed by atoms with Crippen molar-refractivity contribution in [3.8, 4) is 46.0 Å². The first-order valence-electron chi connectivity index (χ1n) is 42.5. The third-order valence-electron chi connectivity index (χ3n) is 21.9. The summed E-state index contributed by atoms with van der Waals surface area (Å²) >= 11 is 0. The summed E-state index contributed by atoms with van der Waals surface area (Å²) in [6.07, 6.45) is 16.4. The number of carbonyl (C=O) groups is 4. The van der Waals surface area contributed by atoms with Crippen LogP contribution in [0.25, 0.3) is 0 Å². The van der Waals surface area contributed by atoms with Gasteiger partial charge in [-0.2, -0.15) is 0 Å². The summed E-state index contributed by atoms with van der Waals surface area (Å²) in [7, 11) is 0. The number of hydrogen-bond acceptors (Lipinski definition) is 12. The number of unbranched alkanes of at least 4 members (excludes halogenated alkanes) is 8. The molecule has 0 unspecified atom stereocenters. The van der Waals surface area contributed by atoms with Crippen LogP contribution in [0.1, 0.15) is 385 Å². The van der Waals surface area contributed by atoms with E-state index < -0.39 is 45.8 Å². The van der Waals surface area contributed by atoms with E-state index in [4.69, 9.17) is 37.9 Å². The summed E-state index contributed by atoms with van der Waals surface area (Å²) in [5, 5.41) is 26.8. The second-order valence-electron chi connectivity index (χ2n) is 40.3. The molecule has 112 heavy (non-hydrogen) atoms. The Morgan fingerprint density at radius 3 is 0.580 bits per heavy atom. The monoisotopic (exact) mass is 1550 g/mol. The molecule has 0 atom stereocenters. The van der Waals surface area contributed by atoms with Crippen LogP contribution in [0.2, 0.25) is 0 Å². The van der Waals surface area contributed by atoms with Gasteiger partial charge >= 0.3 is 24.1 Å². The maximum absolute atomic E-state index is 14.8. The van der Waals surface area contributed by atoms with Gasteiger partial charge in [-0.05, 0) is 153 Å². The van der Waals surface area contributed by atoms with Crippen LogP contribution in [0, 0.1) is 21.7 Å². The molecule has 4 aliphatic heterocycles. The van der Waals surface area contributed by atoms with Gasteiger partial charge in [-0.25, -0.2) is 19.2 Å². The number of urea groups is 4. The van der Waals surface area contributed by atoms with Crippen LogP contribution >= 0.6 is 0 Å². The van der Waals surface area contributed by atoms with Crippen molar-refractivity contribution in [2.45, 2.75) is 367 Å². The molecule has 4 aromatic carbocycles. The van der Waals surface area contributed by atoms with Gasteiger partial charge in [-0.1, -0.05) is 188 Å². The van der Waals surface area contributed by atoms with Crippen LogP contribution in [-0.2, 0) is 26.2 Å². The number of hydrogen-bond donors (Lipinski definition) is 8. The minimum Gasteiger partial charge on any atom is -0.457 e. The van der Waals surface area contributed by atoms with Crippen LogP contribution in [0.15, 0.2) is 24.3 Å². The zero-order chi connectivity index (χ0) is 82.1. The Kier molecular flexibility index (Phi) is 28.7. The summed E-state index contributed by atoms with van der Waals surface area (Å²) in [4.78, 5) is 59.4. The van der Waals surface area contributed by atoms with E-state index in [1.807, 2.05) is 0 Å². The highest BCUT2D eigenvalue weighted by Gasteiger charge is 2.44. The second-order valence-corrected chi connectivity index (χ2v) is 40.3. The largest absolute Gasteiger partial charge is 0.457 e. The van der Waals surface area contributed by atoms with E-state index in [9.17, 15) is 19.2 Å². The minimum atomic E-state index is -0.573. The average molecular weight is 1550 g/mol. The van der Waals surface area contributed by atoms with Crippen LogP contribution < -0.4 is 80.4 Å². The average Bonchev–Trinajstić information content (AvgIpc) is 0.717. The third kappa shape index (κ3) is 23.3. The normalized spacial score (nSPS) is 17.3. The van der Waals surface area contributed by atoms with Gasteiger partial charge in [0, 0.05) is 90.3 Å². The van der Waals surface area contributed by atoms with Crippen molar-refractivity contribution in [1.82, 2.24) is 42.5 Å². The second kappa shape index (κ2) is 36.5. The number of rotatable bonds is 32. The molecule has 0 radical (unpaired) electrons. The third-order valence-corrected chi connectivity index (χ3v) is 21.9. The van der Waals surface area contributed by atoms with E-state index >= 15 is 0 Å². The molecule has 5 aliphatic rings. The molecule has 9 rings (SSSR count). The topological polar surface area (TPSA) is 238 Å². The molecule has 624 valence electrons. The zero-order valence-corrected chi connectivity index (χ0v) is 73.3. The number of nitrogens with one attached hydrogen (secondary N) is 8. The van der Waals surface area contributed by atoms with Gasteiger partial charge in [-0.3, -0.25) is 0 Å². The highest BCUT2D eigenvalue weighted by molar-refractivity contribution is 5.79. The summed E-state index contributed by atoms with van der Waals surface area (Å²) in [5.41, 5.74) is 7.25. The van der Waals surface area contributed by atoms with Gasteiger partial charge in [0.1, 0.15) is 46.0 Å². The Balaban J connectivity index is 1.46. The summed E-state index contributed by atoms with van der Waals surface area (Å²) in [6.45, 7) is 50.6. The first kappa shape index (κ1) is 88.3. The Bertz CT molecular complexity index is 3320. The molecule has 8 N–H and O–H groups in total. The molecule has 4 heterocycles. The van der Waals surface area contributed by atoms with Gasteiger partial charge in [0.15, 0.2) is 0 Å². The molecule has 1 aliphatic carbocycles. The van der Waals surface area contributed by atoms with Gasteiger partial charge in [0.25, 0.3) is 0 Å². The fourth-order valence-corrected chi connectivity index (χ4v) is 19.5. The van der Waals surface area contributed by atoms with Gasteiger partial charge < -0.3 is 80.4 Å². The standard InChI is InChI=1S/C92H144N8O12/c1-25-29-33-37-57-61-41-63-58(38-34-30-26-2)65-43-67-60(40-36-32-28-4)68-44-66-59(39-35-31-27-3)64-42-62(57)74-70(46-94-82(102)98-90(19,20)50-86(8,9)10)76(64)108-55-110-78(66)72(48-96-84(104)100-92(23,24)52-88(14,15)16)80(68)112-56-111-79(67)71(47-95-83(103)99-91(21,22)51-87(11,12)13)77(65)109-54-107-75(63)69(73(61)105-53-106-74)45-93-81(101)97-89(17,18)49-85(5,6)7/h41-44,57-60H,25-40,45-56H2,1-24H3,(H2,93,97,101)(H2,94,98,102)(H2,95,99,103)(H2,96,100,104). The number of amides is 8. The Morgan fingerprint density at radius 2 is 0.438 bits per heavy atom. The first-order chi connectivity index (χ1) is 52.4. The van der Waals surface area contributed by atoms with Crippen molar-refractivity contribution in [3.05, 3.63) is 91.0 Å². The fraction of sp³-hybridized carbons (Fsp3) is 0.696. The molecule has 0 saturated heterocycles. The van der Waals surface area contributed by atoms with Crippen molar-refractivity contribution in [1.29, 1.82) is 0 Å². The summed E-state index contributed by atoms with van der Waals surface area (Å²) in [6, 6.07) is 8.02. The predicted octanol–water partition coefficient (Wildman–Crippen LogP) is 21.8. The van der Waals surface area contributed by atoms with E-state index in [0.717, 1.165) is 147 Å². The lowest BCUT2D eigenvalue weighted by atomic mass is 9.74. The predicted molar refractivity (Wildman–Crippen MR) is 448 cm³/mol. The smallest absolute Gasteiger partial charge is 0.315 e. The first-order valence-corrected chi connectivity index (χ1v) is 42.5. The molecule has 0 saturated carbocycles. The van der Waals surface area contributed by atoms with E-state index in [1.165, 1.54) is 0 Å². The number of benzene rings is 4. The van der Waals surface area contributed by atoms with Crippen molar-refractivity contribution in [3.63, 3.8) is 0 Å². The lowest BCUT2D eigenvalue weighted by Gasteiger charge is -2.38. The number of carbonyl (C=O) groups excluding carboxylic acids is 4. The van der Waals surface area contributed by atoms with E-state index in [0.29, 0.717) is 93.9 Å². The molecule has 8 amide bonds. The summed E-state index contributed by atoms with van der Waals surface area (Å²) in [5.74, 6) is 2.64. The molecule has 20 heteroatoms. The molecule has 0 aromatic heterocycles. The number of ether oxygens (including phenoxy) is 8. The Labute approximate surface area is 672 Å². The molecular formula is C92H144N8O12. The van der Waals surface area contributed by atoms with Gasteiger partial charge in [0.05, 0.1) is 48.4 Å². The van der Waals surface area contributed by atoms with Gasteiger partial charge in [-0.15, -0.1) is 0 Å². The molecule has 20 nitrogen and oxygen atoms in total. The molecular weight excluding hydrogens is 1410 g/mol. The van der Waals surface area contributed by atoms with E-state index in [1.54, 1.807) is 0 Å². The molecule has 8 bridgehead atoms. The van der Waals surface area contributed by atoms with Crippen molar-refractivity contribution in [2.24, 2.45) is 21.7 Å². The Hall–Kier alpha value is -7.64. The SMILES string of the molecule is CCCCCC1c2cc3c4c(CNC(=O)NC(C)(C)CC(C)(C)C)c2OCOc2c1cc1c(c2CNC(=O)NC(C)(C)CC(C)(C)C)OCOc2c(cc5c(c2CNC(=O)NC(C)(C)CC(C)(C)C)OCOc2c(cc(c(c2CNC(=O)NC(C)(C)CC(C)(C)C)OCO4)C3CCCCC)C5CCCCC)C1CCCCC. The van der Waals surface area contributed by atoms with Crippen molar-refractivity contribution in [2.75, 3.05) is 27.2 Å². The van der Waals surface area contributed by atoms with Crippen LogP contribution in [0.5, 0.6) is 46.0 Å². The van der Waals surface area contributed by atoms with Crippen LogP contribution in [0.3, 0.4) is 0 Å². The quantitative estimate of drug-likeness (QED) is 0.0213. The summed E-state index contributed by atoms with van der Waals surface area (Å²) < 4.78 is 58.3. The zero-order valence-electron chi connectivity index (χ0n) is 73.3. The van der Waals surface area contributed by atoms with E-state index in [-0.39, 0.29) is 99.1 Å².